The van der Waals surface area contributed by atoms with Crippen molar-refractivity contribution in [2.45, 2.75) is 12.8 Å². The minimum atomic E-state index is -0.478. The van der Waals surface area contributed by atoms with Gasteiger partial charge in [0.2, 0.25) is 0 Å². The van der Waals surface area contributed by atoms with Crippen LogP contribution in [0.4, 0.5) is 11.4 Å². The van der Waals surface area contributed by atoms with Crippen LogP contribution in [0, 0.1) is 0 Å². The van der Waals surface area contributed by atoms with E-state index >= 15 is 0 Å². The van der Waals surface area contributed by atoms with Crippen molar-refractivity contribution in [3.63, 3.8) is 0 Å². The third-order valence-corrected chi connectivity index (χ3v) is 5.96. The molecule has 0 saturated carbocycles. The molecule has 0 aliphatic carbocycles. The third kappa shape index (κ3) is 5.15. The van der Waals surface area contributed by atoms with E-state index in [1.165, 1.54) is 12.8 Å². The molecule has 160 valence electrons. The molecule has 0 bridgehead atoms. The molecule has 4 rings (SSSR count). The summed E-state index contributed by atoms with van der Waals surface area (Å²) in [4.78, 5) is 14.8. The van der Waals surface area contributed by atoms with Gasteiger partial charge in [0.1, 0.15) is 5.76 Å². The fraction of sp³-hybridized carbons (Fsp3) is 0.182. The van der Waals surface area contributed by atoms with E-state index in [1.54, 1.807) is 36.4 Å². The molecular weight excluding hydrogens is 477 g/mol. The van der Waals surface area contributed by atoms with Crippen LogP contribution in [0.5, 0.6) is 0 Å². The van der Waals surface area contributed by atoms with Crippen LogP contribution in [0.3, 0.4) is 0 Å². The molecule has 2 aromatic carbocycles. The van der Waals surface area contributed by atoms with E-state index in [0.29, 0.717) is 32.1 Å². The predicted molar refractivity (Wildman–Crippen MR) is 131 cm³/mol. The van der Waals surface area contributed by atoms with Crippen LogP contribution in [0.25, 0.3) is 11.3 Å². The number of hydrogen-bond acceptors (Lipinski definition) is 4. The molecule has 0 radical (unpaired) electrons. The molecular formula is C22H18Cl3N3O2S. The first-order valence-corrected chi connectivity index (χ1v) is 11.2. The molecule has 1 amide bonds. The maximum absolute atomic E-state index is 12.5. The third-order valence-electron chi connectivity index (χ3n) is 4.91. The molecule has 9 heteroatoms. The maximum atomic E-state index is 12.5. The monoisotopic (exact) mass is 493 g/mol. The molecule has 5 nitrogen and oxygen atoms in total. The second-order valence-electron chi connectivity index (χ2n) is 7.06. The minimum absolute atomic E-state index is 0.104. The summed E-state index contributed by atoms with van der Waals surface area (Å²) in [5.74, 6) is 0.0798. The van der Waals surface area contributed by atoms with Crippen molar-refractivity contribution in [3.05, 3.63) is 69.4 Å². The Labute approximate surface area is 200 Å². The number of halogens is 3. The molecule has 2 heterocycles. The van der Waals surface area contributed by atoms with Crippen molar-refractivity contribution in [1.82, 2.24) is 5.32 Å². The normalized spacial score (nSPS) is 13.3. The van der Waals surface area contributed by atoms with E-state index in [2.05, 4.69) is 15.5 Å². The molecule has 1 saturated heterocycles. The summed E-state index contributed by atoms with van der Waals surface area (Å²) >= 11 is 23.8. The number of nitrogens with zero attached hydrogens (tertiary/aromatic N) is 1. The lowest BCUT2D eigenvalue weighted by atomic mass is 10.2. The Balaban J connectivity index is 1.39. The lowest BCUT2D eigenvalue weighted by molar-refractivity contribution is 0.0951. The molecule has 0 atom stereocenters. The summed E-state index contributed by atoms with van der Waals surface area (Å²) in [6.07, 6.45) is 2.34. The van der Waals surface area contributed by atoms with Gasteiger partial charge in [-0.15, -0.1) is 0 Å². The predicted octanol–water partition coefficient (Wildman–Crippen LogP) is 6.63. The maximum Gasteiger partial charge on any atom is 0.293 e. The molecule has 1 aliphatic rings. The van der Waals surface area contributed by atoms with Gasteiger partial charge in [-0.1, -0.05) is 34.8 Å². The Bertz CT molecular complexity index is 1140. The van der Waals surface area contributed by atoms with Gasteiger partial charge < -0.3 is 14.6 Å². The molecule has 31 heavy (non-hydrogen) atoms. The number of thiocarbonyl (C=S) groups is 1. The quantitative estimate of drug-likeness (QED) is 0.398. The van der Waals surface area contributed by atoms with Crippen LogP contribution in [-0.2, 0) is 0 Å². The zero-order valence-electron chi connectivity index (χ0n) is 16.3. The van der Waals surface area contributed by atoms with Crippen LogP contribution in [0.2, 0.25) is 15.1 Å². The van der Waals surface area contributed by atoms with Crippen molar-refractivity contribution in [3.8, 4) is 11.3 Å². The highest BCUT2D eigenvalue weighted by molar-refractivity contribution is 7.80. The van der Waals surface area contributed by atoms with Gasteiger partial charge in [-0.05, 0) is 73.6 Å². The summed E-state index contributed by atoms with van der Waals surface area (Å²) in [6.45, 7) is 2.01. The summed E-state index contributed by atoms with van der Waals surface area (Å²) in [5, 5.41) is 7.30. The summed E-state index contributed by atoms with van der Waals surface area (Å²) < 4.78 is 5.64. The lowest BCUT2D eigenvalue weighted by Crippen LogP contribution is -2.33. The number of carbonyl (C=O) groups is 1. The first-order valence-electron chi connectivity index (χ1n) is 9.63. The number of anilines is 2. The van der Waals surface area contributed by atoms with Crippen molar-refractivity contribution in [1.29, 1.82) is 0 Å². The van der Waals surface area contributed by atoms with Gasteiger partial charge in [-0.25, -0.2) is 0 Å². The molecule has 1 fully saturated rings. The standard InChI is InChI=1S/C22H18Cl3N3O2S/c23-13-3-5-15(16(24)11-13)19-7-8-20(30-19)21(29)27-22(31)26-14-4-6-18(17(25)12-14)28-9-1-2-10-28/h3-8,11-12H,1-2,9-10H2,(H2,26,27,29,31). The average Bonchev–Trinajstić information content (AvgIpc) is 3.40. The van der Waals surface area contributed by atoms with Gasteiger partial charge in [0.25, 0.3) is 5.91 Å². The molecule has 3 aromatic rings. The zero-order valence-corrected chi connectivity index (χ0v) is 19.3. The minimum Gasteiger partial charge on any atom is -0.451 e. The second-order valence-corrected chi connectivity index (χ2v) is 8.72. The summed E-state index contributed by atoms with van der Waals surface area (Å²) in [7, 11) is 0. The Morgan fingerprint density at radius 2 is 1.74 bits per heavy atom. The van der Waals surface area contributed by atoms with E-state index in [-0.39, 0.29) is 10.9 Å². The number of furan rings is 1. The summed E-state index contributed by atoms with van der Waals surface area (Å²) in [6, 6.07) is 13.9. The second kappa shape index (κ2) is 9.49. The van der Waals surface area contributed by atoms with Crippen LogP contribution in [0.1, 0.15) is 23.4 Å². The van der Waals surface area contributed by atoms with Crippen molar-refractivity contribution in [2.24, 2.45) is 0 Å². The average molecular weight is 495 g/mol. The van der Waals surface area contributed by atoms with Gasteiger partial charge in [0.05, 0.1) is 15.7 Å². The SMILES string of the molecule is O=C(NC(=S)Nc1ccc(N2CCCC2)c(Cl)c1)c1ccc(-c2ccc(Cl)cc2Cl)o1. The van der Waals surface area contributed by atoms with Gasteiger partial charge in [0.15, 0.2) is 10.9 Å². The first kappa shape index (κ1) is 22.0. The Morgan fingerprint density at radius 3 is 2.45 bits per heavy atom. The number of benzene rings is 2. The molecule has 0 unspecified atom stereocenters. The molecule has 1 aliphatic heterocycles. The molecule has 2 N–H and O–H groups in total. The highest BCUT2D eigenvalue weighted by Gasteiger charge is 2.17. The van der Waals surface area contributed by atoms with E-state index in [9.17, 15) is 4.79 Å². The largest absolute Gasteiger partial charge is 0.451 e. The Morgan fingerprint density at radius 1 is 0.968 bits per heavy atom. The van der Waals surface area contributed by atoms with Crippen molar-refractivity contribution < 1.29 is 9.21 Å². The van der Waals surface area contributed by atoms with Gasteiger partial charge >= 0.3 is 0 Å². The fourth-order valence-electron chi connectivity index (χ4n) is 3.42. The number of amides is 1. The highest BCUT2D eigenvalue weighted by Crippen LogP contribution is 2.32. The number of rotatable bonds is 4. The van der Waals surface area contributed by atoms with E-state index in [1.807, 2.05) is 12.1 Å². The number of carbonyl (C=O) groups excluding carboxylic acids is 1. The number of nitrogens with one attached hydrogen (secondary N) is 2. The topological polar surface area (TPSA) is 57.5 Å². The first-order chi connectivity index (χ1) is 14.9. The van der Waals surface area contributed by atoms with E-state index in [4.69, 9.17) is 51.4 Å². The Kier molecular flexibility index (Phi) is 6.72. The Hall–Kier alpha value is -2.25. The van der Waals surface area contributed by atoms with Crippen molar-refractivity contribution >= 4 is 69.4 Å². The zero-order chi connectivity index (χ0) is 22.0. The van der Waals surface area contributed by atoms with E-state index in [0.717, 1.165) is 18.8 Å². The molecule has 0 spiro atoms. The van der Waals surface area contributed by atoms with Crippen LogP contribution >= 0.6 is 47.0 Å². The summed E-state index contributed by atoms with van der Waals surface area (Å²) in [5.41, 5.74) is 2.33. The smallest absolute Gasteiger partial charge is 0.293 e. The van der Waals surface area contributed by atoms with Crippen molar-refractivity contribution in [2.75, 3.05) is 23.3 Å². The van der Waals surface area contributed by atoms with Crippen LogP contribution in [0.15, 0.2) is 52.9 Å². The fourth-order valence-corrected chi connectivity index (χ4v) is 4.43. The van der Waals surface area contributed by atoms with Gasteiger partial charge in [-0.3, -0.25) is 10.1 Å². The van der Waals surface area contributed by atoms with E-state index < -0.39 is 5.91 Å². The van der Waals surface area contributed by atoms with Crippen LogP contribution < -0.4 is 15.5 Å². The number of hydrogen-bond donors (Lipinski definition) is 2. The van der Waals surface area contributed by atoms with Gasteiger partial charge in [0, 0.05) is 29.4 Å². The lowest BCUT2D eigenvalue weighted by Gasteiger charge is -2.20. The highest BCUT2D eigenvalue weighted by atomic mass is 35.5. The molecule has 1 aromatic heterocycles. The van der Waals surface area contributed by atoms with Gasteiger partial charge in [-0.2, -0.15) is 0 Å². The van der Waals surface area contributed by atoms with Crippen LogP contribution in [-0.4, -0.2) is 24.1 Å².